The van der Waals surface area contributed by atoms with E-state index in [2.05, 4.69) is 59.2 Å². The van der Waals surface area contributed by atoms with Crippen LogP contribution in [-0.4, -0.2) is 27.4 Å². The molecule has 21 heavy (non-hydrogen) atoms. The van der Waals surface area contributed by atoms with Gasteiger partial charge in [-0.2, -0.15) is 5.10 Å². The molecule has 0 amide bonds. The zero-order chi connectivity index (χ0) is 15.2. The summed E-state index contributed by atoms with van der Waals surface area (Å²) in [5, 5.41) is 11.6. The molecule has 4 nitrogen and oxygen atoms in total. The first-order valence-electron chi connectivity index (χ1n) is 7.80. The molecule has 5 heteroatoms. The Labute approximate surface area is 131 Å². The summed E-state index contributed by atoms with van der Waals surface area (Å²) in [6.07, 6.45) is 3.15. The van der Waals surface area contributed by atoms with Crippen molar-refractivity contribution in [1.82, 2.24) is 20.1 Å². The van der Waals surface area contributed by atoms with E-state index in [9.17, 15) is 0 Å². The predicted molar refractivity (Wildman–Crippen MR) is 89.0 cm³/mol. The number of rotatable bonds is 8. The van der Waals surface area contributed by atoms with Gasteiger partial charge in [0, 0.05) is 42.2 Å². The lowest BCUT2D eigenvalue weighted by molar-refractivity contribution is 0.482. The van der Waals surface area contributed by atoms with Gasteiger partial charge in [0.25, 0.3) is 0 Å². The number of thiazole rings is 1. The molecular formula is C16H26N4S. The van der Waals surface area contributed by atoms with E-state index in [1.807, 2.05) is 0 Å². The standard InChI is InChI=1S/C16H26N4S/c1-5-7-17-14(10-16-18-13(4)11-21-16)9-15-8-12(3)19-20(15)6-2/h8,11,14,17H,5-7,9-10H2,1-4H3. The second-order valence-electron chi connectivity index (χ2n) is 5.53. The molecule has 116 valence electrons. The second kappa shape index (κ2) is 7.71. The van der Waals surface area contributed by atoms with E-state index < -0.39 is 0 Å². The van der Waals surface area contributed by atoms with Gasteiger partial charge in [-0.15, -0.1) is 11.3 Å². The molecule has 2 rings (SSSR count). The van der Waals surface area contributed by atoms with Crippen LogP contribution in [0.4, 0.5) is 0 Å². The topological polar surface area (TPSA) is 42.7 Å². The molecule has 1 unspecified atom stereocenters. The minimum atomic E-state index is 0.428. The number of hydrogen-bond donors (Lipinski definition) is 1. The summed E-state index contributed by atoms with van der Waals surface area (Å²) in [5.74, 6) is 0. The lowest BCUT2D eigenvalue weighted by atomic mass is 10.1. The van der Waals surface area contributed by atoms with Gasteiger partial charge in [-0.05, 0) is 39.8 Å². The van der Waals surface area contributed by atoms with Crippen LogP contribution in [0.15, 0.2) is 11.4 Å². The van der Waals surface area contributed by atoms with Crippen LogP contribution < -0.4 is 5.32 Å². The monoisotopic (exact) mass is 306 g/mol. The Morgan fingerprint density at radius 1 is 1.24 bits per heavy atom. The third-order valence-corrected chi connectivity index (χ3v) is 4.50. The van der Waals surface area contributed by atoms with E-state index >= 15 is 0 Å². The molecule has 2 aromatic heterocycles. The number of aromatic nitrogens is 3. The van der Waals surface area contributed by atoms with Crippen LogP contribution in [0.1, 0.15) is 42.4 Å². The van der Waals surface area contributed by atoms with Crippen LogP contribution in [-0.2, 0) is 19.4 Å². The van der Waals surface area contributed by atoms with Crippen LogP contribution in [0, 0.1) is 13.8 Å². The molecule has 0 aliphatic rings. The van der Waals surface area contributed by atoms with Crippen molar-refractivity contribution < 1.29 is 0 Å². The van der Waals surface area contributed by atoms with Crippen molar-refractivity contribution in [2.24, 2.45) is 0 Å². The lowest BCUT2D eigenvalue weighted by Gasteiger charge is -2.18. The highest BCUT2D eigenvalue weighted by atomic mass is 32.1. The maximum Gasteiger partial charge on any atom is 0.0943 e. The first kappa shape index (κ1) is 16.2. The molecule has 0 fully saturated rings. The fourth-order valence-electron chi connectivity index (χ4n) is 2.56. The Morgan fingerprint density at radius 2 is 2.05 bits per heavy atom. The number of hydrogen-bond acceptors (Lipinski definition) is 4. The van der Waals surface area contributed by atoms with Crippen molar-refractivity contribution in [2.45, 2.75) is 59.5 Å². The molecule has 0 radical (unpaired) electrons. The summed E-state index contributed by atoms with van der Waals surface area (Å²) < 4.78 is 2.11. The largest absolute Gasteiger partial charge is 0.313 e. The van der Waals surface area contributed by atoms with Crippen molar-refractivity contribution >= 4 is 11.3 Å². The van der Waals surface area contributed by atoms with Crippen LogP contribution in [0.3, 0.4) is 0 Å². The summed E-state index contributed by atoms with van der Waals surface area (Å²) in [6, 6.07) is 2.63. The molecular weight excluding hydrogens is 280 g/mol. The SMILES string of the molecule is CCCNC(Cc1nc(C)cs1)Cc1cc(C)nn1CC. The Hall–Kier alpha value is -1.20. The van der Waals surface area contributed by atoms with Crippen LogP contribution in [0.2, 0.25) is 0 Å². The van der Waals surface area contributed by atoms with Gasteiger partial charge < -0.3 is 5.32 Å². The zero-order valence-electron chi connectivity index (χ0n) is 13.5. The van der Waals surface area contributed by atoms with Crippen molar-refractivity contribution in [3.05, 3.63) is 33.5 Å². The summed E-state index contributed by atoms with van der Waals surface area (Å²) in [7, 11) is 0. The molecule has 2 aromatic rings. The second-order valence-corrected chi connectivity index (χ2v) is 6.48. The minimum Gasteiger partial charge on any atom is -0.313 e. The molecule has 1 N–H and O–H groups in total. The first-order chi connectivity index (χ1) is 10.1. The number of aryl methyl sites for hydroxylation is 3. The Balaban J connectivity index is 2.07. The summed E-state index contributed by atoms with van der Waals surface area (Å²) in [6.45, 7) is 10.5. The highest BCUT2D eigenvalue weighted by Crippen LogP contribution is 2.14. The van der Waals surface area contributed by atoms with Gasteiger partial charge in [-0.3, -0.25) is 4.68 Å². The van der Waals surface area contributed by atoms with E-state index in [0.29, 0.717) is 6.04 Å². The maximum atomic E-state index is 4.60. The van der Waals surface area contributed by atoms with E-state index in [-0.39, 0.29) is 0 Å². The Morgan fingerprint density at radius 3 is 2.67 bits per heavy atom. The van der Waals surface area contributed by atoms with E-state index in [0.717, 1.165) is 43.7 Å². The van der Waals surface area contributed by atoms with Crippen molar-refractivity contribution in [2.75, 3.05) is 6.54 Å². The molecule has 0 saturated heterocycles. The van der Waals surface area contributed by atoms with Gasteiger partial charge >= 0.3 is 0 Å². The number of nitrogens with one attached hydrogen (secondary N) is 1. The quantitative estimate of drug-likeness (QED) is 0.815. The summed E-state index contributed by atoms with van der Waals surface area (Å²) in [4.78, 5) is 4.60. The molecule has 0 aliphatic carbocycles. The summed E-state index contributed by atoms with van der Waals surface area (Å²) in [5.41, 5.74) is 3.54. The van der Waals surface area contributed by atoms with Crippen molar-refractivity contribution in [3.8, 4) is 0 Å². The van der Waals surface area contributed by atoms with E-state index in [1.165, 1.54) is 10.7 Å². The molecule has 0 spiro atoms. The van der Waals surface area contributed by atoms with E-state index in [4.69, 9.17) is 0 Å². The fourth-order valence-corrected chi connectivity index (χ4v) is 3.42. The number of nitrogens with zero attached hydrogens (tertiary/aromatic N) is 3. The van der Waals surface area contributed by atoms with Crippen LogP contribution >= 0.6 is 11.3 Å². The molecule has 0 saturated carbocycles. The van der Waals surface area contributed by atoms with Crippen molar-refractivity contribution in [1.29, 1.82) is 0 Å². The maximum absolute atomic E-state index is 4.60. The van der Waals surface area contributed by atoms with Gasteiger partial charge in [-0.1, -0.05) is 6.92 Å². The highest BCUT2D eigenvalue weighted by molar-refractivity contribution is 7.09. The van der Waals surface area contributed by atoms with Gasteiger partial charge in [-0.25, -0.2) is 4.98 Å². The molecule has 0 aliphatic heterocycles. The highest BCUT2D eigenvalue weighted by Gasteiger charge is 2.15. The Kier molecular flexibility index (Phi) is 5.94. The van der Waals surface area contributed by atoms with Crippen LogP contribution in [0.5, 0.6) is 0 Å². The van der Waals surface area contributed by atoms with Crippen molar-refractivity contribution in [3.63, 3.8) is 0 Å². The normalized spacial score (nSPS) is 12.8. The lowest BCUT2D eigenvalue weighted by Crippen LogP contribution is -2.34. The molecule has 0 bridgehead atoms. The fraction of sp³-hybridized carbons (Fsp3) is 0.625. The molecule has 1 atom stereocenters. The smallest absolute Gasteiger partial charge is 0.0943 e. The zero-order valence-corrected chi connectivity index (χ0v) is 14.3. The average Bonchev–Trinajstić information content (AvgIpc) is 3.01. The van der Waals surface area contributed by atoms with Gasteiger partial charge in [0.1, 0.15) is 0 Å². The molecule has 0 aromatic carbocycles. The van der Waals surface area contributed by atoms with Gasteiger partial charge in [0.05, 0.1) is 10.7 Å². The first-order valence-corrected chi connectivity index (χ1v) is 8.68. The van der Waals surface area contributed by atoms with Gasteiger partial charge in [0.2, 0.25) is 0 Å². The third kappa shape index (κ3) is 4.64. The predicted octanol–water partition coefficient (Wildman–Crippen LogP) is 3.13. The minimum absolute atomic E-state index is 0.428. The summed E-state index contributed by atoms with van der Waals surface area (Å²) >= 11 is 1.76. The van der Waals surface area contributed by atoms with Crippen LogP contribution in [0.25, 0.3) is 0 Å². The average molecular weight is 306 g/mol. The van der Waals surface area contributed by atoms with E-state index in [1.54, 1.807) is 11.3 Å². The van der Waals surface area contributed by atoms with Gasteiger partial charge in [0.15, 0.2) is 0 Å². The molecule has 2 heterocycles. The Bertz CT molecular complexity index is 558. The third-order valence-electron chi connectivity index (χ3n) is 3.51.